The fraction of sp³-hybridized carbons (Fsp3) is 0.400. The summed E-state index contributed by atoms with van der Waals surface area (Å²) in [5.74, 6) is -1.09. The smallest absolute Gasteiger partial charge is 0.158 e. The first-order chi connectivity index (χ1) is 11.2. The van der Waals surface area contributed by atoms with Crippen LogP contribution in [-0.4, -0.2) is 23.5 Å². The van der Waals surface area contributed by atoms with Gasteiger partial charge in [-0.15, -0.1) is 0 Å². The Morgan fingerprint density at radius 3 is 2.54 bits per heavy atom. The van der Waals surface area contributed by atoms with E-state index in [0.717, 1.165) is 17.2 Å². The monoisotopic (exact) mass is 329 g/mol. The number of carboxylic acid groups (broad SMARTS) is 1. The van der Waals surface area contributed by atoms with Gasteiger partial charge in [0, 0.05) is 11.8 Å². The van der Waals surface area contributed by atoms with E-state index in [1.54, 1.807) is 19.1 Å². The number of Topliss-reactive ketones (excluding diaryl/α,β-unsaturated/α-hetero) is 1. The van der Waals surface area contributed by atoms with E-state index in [2.05, 4.69) is 0 Å². The van der Waals surface area contributed by atoms with Gasteiger partial charge in [-0.2, -0.15) is 0 Å². The topological polar surface area (TPSA) is 77.4 Å². The average molecular weight is 329 g/mol. The van der Waals surface area contributed by atoms with Gasteiger partial charge in [-0.1, -0.05) is 42.9 Å². The van der Waals surface area contributed by atoms with Crippen molar-refractivity contribution in [2.24, 2.45) is 5.41 Å². The fourth-order valence-electron chi connectivity index (χ4n) is 2.66. The molecule has 0 amide bonds. The van der Waals surface area contributed by atoms with Gasteiger partial charge in [0.15, 0.2) is 5.78 Å². The molecule has 0 heterocycles. The molecule has 1 atom stereocenters. The van der Waals surface area contributed by atoms with E-state index < -0.39 is 11.4 Å². The summed E-state index contributed by atoms with van der Waals surface area (Å²) in [5, 5.41) is 20.1. The van der Waals surface area contributed by atoms with Crippen LogP contribution >= 0.6 is 0 Å². The van der Waals surface area contributed by atoms with Gasteiger partial charge in [-0.05, 0) is 50.0 Å². The summed E-state index contributed by atoms with van der Waals surface area (Å²) in [6, 6.07) is 0. The Balaban J connectivity index is 2.95. The van der Waals surface area contributed by atoms with E-state index in [1.165, 1.54) is 0 Å². The summed E-state index contributed by atoms with van der Waals surface area (Å²) in [7, 11) is 0. The number of carboxylic acids is 1. The lowest BCUT2D eigenvalue weighted by atomic mass is 9.71. The maximum absolute atomic E-state index is 11.9. The highest BCUT2D eigenvalue weighted by Crippen LogP contribution is 2.39. The SMILES string of the molecule is CC1=C(/C=C/C(C)=C/C=C/C(C)=C/C(=O)[O-])C(C)(CO)CCC1=O. The van der Waals surface area contributed by atoms with Gasteiger partial charge in [0.1, 0.15) is 0 Å². The lowest BCUT2D eigenvalue weighted by molar-refractivity contribution is -0.297. The number of hydrogen-bond acceptors (Lipinski definition) is 4. The van der Waals surface area contributed by atoms with Crippen molar-refractivity contribution in [3.05, 3.63) is 58.7 Å². The third-order valence-electron chi connectivity index (χ3n) is 4.30. The predicted octanol–water partition coefficient (Wildman–Crippen LogP) is 2.42. The molecule has 4 heteroatoms. The number of carbonyl (C=O) groups excluding carboxylic acids is 2. The Bertz CT molecular complexity index is 659. The van der Waals surface area contributed by atoms with Gasteiger partial charge in [0.25, 0.3) is 0 Å². The van der Waals surface area contributed by atoms with Crippen LogP contribution in [0.25, 0.3) is 0 Å². The molecule has 0 bridgehead atoms. The predicted molar refractivity (Wildman–Crippen MR) is 92.9 cm³/mol. The molecule has 0 saturated carbocycles. The number of ketones is 1. The second kappa shape index (κ2) is 8.60. The number of allylic oxidation sites excluding steroid dienone is 8. The van der Waals surface area contributed by atoms with Crippen LogP contribution in [0.1, 0.15) is 40.5 Å². The Labute approximate surface area is 143 Å². The Morgan fingerprint density at radius 2 is 1.96 bits per heavy atom. The lowest BCUT2D eigenvalue weighted by Crippen LogP contribution is -2.30. The molecule has 0 fully saturated rings. The lowest BCUT2D eigenvalue weighted by Gasteiger charge is -2.34. The second-order valence-corrected chi connectivity index (χ2v) is 6.49. The summed E-state index contributed by atoms with van der Waals surface area (Å²) in [6.45, 7) is 7.38. The molecule has 1 aliphatic rings. The molecule has 4 nitrogen and oxygen atoms in total. The Kier molecular flexibility index (Phi) is 7.11. The molecule has 130 valence electrons. The fourth-order valence-corrected chi connectivity index (χ4v) is 2.66. The van der Waals surface area contributed by atoms with Crippen molar-refractivity contribution in [1.29, 1.82) is 0 Å². The van der Waals surface area contributed by atoms with Crippen LogP contribution in [0.5, 0.6) is 0 Å². The highest BCUT2D eigenvalue weighted by molar-refractivity contribution is 5.97. The zero-order chi connectivity index (χ0) is 18.3. The van der Waals surface area contributed by atoms with E-state index in [9.17, 15) is 19.8 Å². The van der Waals surface area contributed by atoms with Crippen LogP contribution in [-0.2, 0) is 9.59 Å². The molecule has 1 rings (SSSR count). The van der Waals surface area contributed by atoms with Crippen LogP contribution in [0.3, 0.4) is 0 Å². The van der Waals surface area contributed by atoms with Crippen LogP contribution in [0, 0.1) is 5.41 Å². The van der Waals surface area contributed by atoms with Crippen LogP contribution in [0.15, 0.2) is 58.7 Å². The largest absolute Gasteiger partial charge is 0.545 e. The number of aliphatic carboxylic acids is 1. The highest BCUT2D eigenvalue weighted by Gasteiger charge is 2.34. The van der Waals surface area contributed by atoms with Gasteiger partial charge in [-0.3, -0.25) is 4.79 Å². The number of rotatable bonds is 6. The third-order valence-corrected chi connectivity index (χ3v) is 4.30. The molecule has 0 radical (unpaired) electrons. The van der Waals surface area contributed by atoms with Gasteiger partial charge in [-0.25, -0.2) is 0 Å². The zero-order valence-electron chi connectivity index (χ0n) is 14.8. The van der Waals surface area contributed by atoms with Gasteiger partial charge >= 0.3 is 0 Å². The number of carbonyl (C=O) groups is 2. The van der Waals surface area contributed by atoms with Crippen molar-refractivity contribution in [3.8, 4) is 0 Å². The quantitative estimate of drug-likeness (QED) is 0.600. The van der Waals surface area contributed by atoms with E-state index >= 15 is 0 Å². The minimum atomic E-state index is -1.22. The minimum Gasteiger partial charge on any atom is -0.545 e. The Hall–Kier alpha value is -2.20. The van der Waals surface area contributed by atoms with Crippen molar-refractivity contribution in [2.45, 2.75) is 40.5 Å². The van der Waals surface area contributed by atoms with E-state index in [1.807, 2.05) is 39.0 Å². The molecule has 0 aromatic carbocycles. The molecule has 24 heavy (non-hydrogen) atoms. The second-order valence-electron chi connectivity index (χ2n) is 6.49. The number of aliphatic hydroxyl groups is 1. The molecular formula is C20H25O4-. The first-order valence-corrected chi connectivity index (χ1v) is 7.97. The van der Waals surface area contributed by atoms with Crippen molar-refractivity contribution in [1.82, 2.24) is 0 Å². The van der Waals surface area contributed by atoms with E-state index in [-0.39, 0.29) is 12.4 Å². The molecule has 0 aromatic heterocycles. The van der Waals surface area contributed by atoms with Gasteiger partial charge in [0.2, 0.25) is 0 Å². The summed E-state index contributed by atoms with van der Waals surface area (Å²) in [5.41, 5.74) is 2.74. The molecule has 1 aliphatic carbocycles. The average Bonchev–Trinajstić information content (AvgIpc) is 2.50. The molecule has 0 aromatic rings. The van der Waals surface area contributed by atoms with Crippen LogP contribution < -0.4 is 5.11 Å². The molecule has 0 aliphatic heterocycles. The van der Waals surface area contributed by atoms with Crippen LogP contribution in [0.4, 0.5) is 0 Å². The van der Waals surface area contributed by atoms with Crippen molar-refractivity contribution < 1.29 is 19.8 Å². The highest BCUT2D eigenvalue weighted by atomic mass is 16.4. The molecule has 0 saturated heterocycles. The van der Waals surface area contributed by atoms with Crippen molar-refractivity contribution in [2.75, 3.05) is 6.61 Å². The number of aliphatic hydroxyl groups excluding tert-OH is 1. The van der Waals surface area contributed by atoms with E-state index in [0.29, 0.717) is 24.0 Å². The maximum atomic E-state index is 11.9. The third kappa shape index (κ3) is 5.46. The first kappa shape index (κ1) is 19.8. The summed E-state index contributed by atoms with van der Waals surface area (Å²) < 4.78 is 0. The zero-order valence-corrected chi connectivity index (χ0v) is 14.8. The summed E-state index contributed by atoms with van der Waals surface area (Å²) >= 11 is 0. The Morgan fingerprint density at radius 1 is 1.29 bits per heavy atom. The van der Waals surface area contributed by atoms with Crippen molar-refractivity contribution >= 4 is 11.8 Å². The van der Waals surface area contributed by atoms with Crippen LogP contribution in [0.2, 0.25) is 0 Å². The summed E-state index contributed by atoms with van der Waals surface area (Å²) in [4.78, 5) is 22.4. The maximum Gasteiger partial charge on any atom is 0.158 e. The standard InChI is InChI=1S/C20H26O4/c1-14(6-5-7-15(2)12-19(23)24)8-9-17-16(3)18(22)10-11-20(17,4)13-21/h5-9,12,21H,10-11,13H2,1-4H3,(H,23,24)/p-1/b7-5+,9-8+,14-6+,15-12+. The van der Waals surface area contributed by atoms with E-state index in [4.69, 9.17) is 0 Å². The molecule has 0 spiro atoms. The normalized spacial score (nSPS) is 23.6. The minimum absolute atomic E-state index is 0.00711. The summed E-state index contributed by atoms with van der Waals surface area (Å²) in [6.07, 6.45) is 11.2. The number of hydrogen-bond donors (Lipinski definition) is 1. The molecule has 1 unspecified atom stereocenters. The first-order valence-electron chi connectivity index (χ1n) is 7.97. The van der Waals surface area contributed by atoms with Gasteiger partial charge < -0.3 is 15.0 Å². The molecule has 1 N–H and O–H groups in total. The van der Waals surface area contributed by atoms with Crippen molar-refractivity contribution in [3.63, 3.8) is 0 Å². The molecular weight excluding hydrogens is 304 g/mol. The van der Waals surface area contributed by atoms with Gasteiger partial charge in [0.05, 0.1) is 12.6 Å².